The molecule has 20 heavy (non-hydrogen) atoms. The highest BCUT2D eigenvalue weighted by Crippen LogP contribution is 2.24. The smallest absolute Gasteiger partial charge is 0.307 e. The number of carboxylic acids is 1. The molecular formula is C15H12ClNO3. The van der Waals surface area contributed by atoms with Gasteiger partial charge in [0.1, 0.15) is 0 Å². The third-order valence-corrected chi connectivity index (χ3v) is 3.23. The van der Waals surface area contributed by atoms with Gasteiger partial charge in [-0.2, -0.15) is 0 Å². The normalized spacial score (nSPS) is 10.2. The van der Waals surface area contributed by atoms with Gasteiger partial charge in [0, 0.05) is 16.8 Å². The van der Waals surface area contributed by atoms with E-state index in [1.807, 2.05) is 0 Å². The van der Waals surface area contributed by atoms with Gasteiger partial charge in [0.15, 0.2) is 5.78 Å². The lowest BCUT2D eigenvalue weighted by molar-refractivity contribution is -0.136. The van der Waals surface area contributed by atoms with E-state index in [-0.39, 0.29) is 23.5 Å². The van der Waals surface area contributed by atoms with E-state index in [1.165, 1.54) is 0 Å². The fourth-order valence-corrected chi connectivity index (χ4v) is 2.14. The molecule has 0 unspecified atom stereocenters. The summed E-state index contributed by atoms with van der Waals surface area (Å²) in [6.45, 7) is 0. The van der Waals surface area contributed by atoms with E-state index in [9.17, 15) is 9.59 Å². The first-order valence-electron chi connectivity index (χ1n) is 5.89. The quantitative estimate of drug-likeness (QED) is 0.670. The van der Waals surface area contributed by atoms with Gasteiger partial charge in [0.05, 0.1) is 11.4 Å². The number of nitrogen functional groups attached to an aromatic ring is 1. The number of nitrogens with two attached hydrogens (primary N) is 1. The number of anilines is 1. The molecule has 0 radical (unpaired) electrons. The highest BCUT2D eigenvalue weighted by atomic mass is 35.5. The Hall–Kier alpha value is -2.33. The van der Waals surface area contributed by atoms with Crippen LogP contribution in [-0.2, 0) is 11.2 Å². The van der Waals surface area contributed by atoms with Crippen LogP contribution in [0.25, 0.3) is 0 Å². The Labute approximate surface area is 120 Å². The molecule has 2 aromatic rings. The van der Waals surface area contributed by atoms with Crippen molar-refractivity contribution < 1.29 is 14.7 Å². The van der Waals surface area contributed by atoms with Gasteiger partial charge >= 0.3 is 5.97 Å². The third-order valence-electron chi connectivity index (χ3n) is 2.90. The number of carbonyl (C=O) groups is 2. The van der Waals surface area contributed by atoms with Crippen molar-refractivity contribution in [2.75, 3.05) is 5.73 Å². The summed E-state index contributed by atoms with van der Waals surface area (Å²) >= 11 is 5.99. The number of ketones is 1. The molecule has 2 rings (SSSR count). The summed E-state index contributed by atoms with van der Waals surface area (Å²) in [7, 11) is 0. The van der Waals surface area contributed by atoms with Crippen molar-refractivity contribution >= 4 is 29.0 Å². The van der Waals surface area contributed by atoms with Gasteiger partial charge in [-0.1, -0.05) is 35.9 Å². The van der Waals surface area contributed by atoms with Crippen molar-refractivity contribution in [3.63, 3.8) is 0 Å². The lowest BCUT2D eigenvalue weighted by Gasteiger charge is -2.09. The largest absolute Gasteiger partial charge is 0.481 e. The van der Waals surface area contributed by atoms with E-state index in [4.69, 9.17) is 22.4 Å². The number of halogens is 1. The molecule has 0 saturated heterocycles. The maximum atomic E-state index is 12.4. The number of carboxylic acid groups (broad SMARTS) is 1. The summed E-state index contributed by atoms with van der Waals surface area (Å²) < 4.78 is 0. The average molecular weight is 290 g/mol. The first-order chi connectivity index (χ1) is 9.50. The molecule has 0 aromatic heterocycles. The fraction of sp³-hybridized carbons (Fsp3) is 0.0667. The molecule has 0 atom stereocenters. The van der Waals surface area contributed by atoms with E-state index in [0.717, 1.165) is 0 Å². The Morgan fingerprint density at radius 3 is 2.35 bits per heavy atom. The monoisotopic (exact) mass is 289 g/mol. The molecule has 0 aliphatic carbocycles. The maximum Gasteiger partial charge on any atom is 0.307 e. The van der Waals surface area contributed by atoms with Gasteiger partial charge in [-0.3, -0.25) is 9.59 Å². The summed E-state index contributed by atoms with van der Waals surface area (Å²) in [6, 6.07) is 11.4. The van der Waals surface area contributed by atoms with E-state index < -0.39 is 5.97 Å². The van der Waals surface area contributed by atoms with Gasteiger partial charge in [-0.15, -0.1) is 0 Å². The van der Waals surface area contributed by atoms with E-state index in [1.54, 1.807) is 42.5 Å². The van der Waals surface area contributed by atoms with Crippen LogP contribution in [0.1, 0.15) is 21.5 Å². The molecule has 0 fully saturated rings. The third kappa shape index (κ3) is 2.81. The van der Waals surface area contributed by atoms with E-state index in [2.05, 4.69) is 0 Å². The summed E-state index contributed by atoms with van der Waals surface area (Å²) in [4.78, 5) is 23.2. The van der Waals surface area contributed by atoms with E-state index >= 15 is 0 Å². The predicted molar refractivity (Wildman–Crippen MR) is 77.1 cm³/mol. The van der Waals surface area contributed by atoms with Crippen LogP contribution in [0.4, 0.5) is 5.69 Å². The predicted octanol–water partition coefficient (Wildman–Crippen LogP) is 2.78. The van der Waals surface area contributed by atoms with E-state index in [0.29, 0.717) is 16.1 Å². The fourth-order valence-electron chi connectivity index (χ4n) is 1.92. The number of benzene rings is 2. The van der Waals surface area contributed by atoms with Crippen LogP contribution in [0.15, 0.2) is 42.5 Å². The molecule has 0 amide bonds. The van der Waals surface area contributed by atoms with Crippen LogP contribution < -0.4 is 5.73 Å². The van der Waals surface area contributed by atoms with Gasteiger partial charge in [0.25, 0.3) is 0 Å². The second-order valence-corrected chi connectivity index (χ2v) is 4.67. The minimum absolute atomic E-state index is 0.180. The number of hydrogen-bond donors (Lipinski definition) is 2. The Balaban J connectivity index is 2.46. The Morgan fingerprint density at radius 1 is 1.05 bits per heavy atom. The molecule has 0 aliphatic rings. The summed E-state index contributed by atoms with van der Waals surface area (Å²) in [5.74, 6) is -1.32. The molecule has 102 valence electrons. The van der Waals surface area contributed by atoms with Crippen LogP contribution in [0, 0.1) is 0 Å². The maximum absolute atomic E-state index is 12.4. The Bertz CT molecular complexity index is 683. The Kier molecular flexibility index (Phi) is 4.05. The molecule has 3 N–H and O–H groups in total. The molecule has 0 aliphatic heterocycles. The lowest BCUT2D eigenvalue weighted by atomic mass is 9.98. The SMILES string of the molecule is Nc1c(CC(=O)O)cccc1C(=O)c1ccccc1Cl. The minimum atomic E-state index is -1.00. The van der Waals surface area contributed by atoms with Gasteiger partial charge < -0.3 is 10.8 Å². The zero-order valence-corrected chi connectivity index (χ0v) is 11.2. The standard InChI is InChI=1S/C15H12ClNO3/c16-12-7-2-1-5-10(12)15(20)11-6-3-4-9(14(11)17)8-13(18)19/h1-7H,8,17H2,(H,18,19). The van der Waals surface area contributed by atoms with Gasteiger partial charge in [-0.05, 0) is 23.8 Å². The number of hydrogen-bond acceptors (Lipinski definition) is 3. The molecular weight excluding hydrogens is 278 g/mol. The first-order valence-corrected chi connectivity index (χ1v) is 6.27. The number of carbonyl (C=O) groups excluding carboxylic acids is 1. The van der Waals surface area contributed by atoms with Crippen molar-refractivity contribution in [1.82, 2.24) is 0 Å². The second-order valence-electron chi connectivity index (χ2n) is 4.26. The van der Waals surface area contributed by atoms with Crippen LogP contribution in [-0.4, -0.2) is 16.9 Å². The number of rotatable bonds is 4. The van der Waals surface area contributed by atoms with Crippen molar-refractivity contribution in [3.05, 3.63) is 64.2 Å². The van der Waals surface area contributed by atoms with Crippen molar-refractivity contribution in [2.24, 2.45) is 0 Å². The van der Waals surface area contributed by atoms with Crippen LogP contribution in [0.2, 0.25) is 5.02 Å². The zero-order valence-electron chi connectivity index (χ0n) is 10.5. The minimum Gasteiger partial charge on any atom is -0.481 e. The first kappa shape index (κ1) is 14.1. The summed E-state index contributed by atoms with van der Waals surface area (Å²) in [6.07, 6.45) is -0.227. The van der Waals surface area contributed by atoms with Crippen molar-refractivity contribution in [3.8, 4) is 0 Å². The molecule has 2 aromatic carbocycles. The van der Waals surface area contributed by atoms with Crippen LogP contribution in [0.3, 0.4) is 0 Å². The lowest BCUT2D eigenvalue weighted by Crippen LogP contribution is -2.10. The zero-order chi connectivity index (χ0) is 14.7. The molecule has 0 heterocycles. The van der Waals surface area contributed by atoms with Crippen molar-refractivity contribution in [2.45, 2.75) is 6.42 Å². The summed E-state index contributed by atoms with van der Waals surface area (Å²) in [5.41, 5.74) is 7.09. The van der Waals surface area contributed by atoms with Crippen LogP contribution in [0.5, 0.6) is 0 Å². The second kappa shape index (κ2) is 5.75. The van der Waals surface area contributed by atoms with Crippen molar-refractivity contribution in [1.29, 1.82) is 0 Å². The number of aliphatic carboxylic acids is 1. The molecule has 5 heteroatoms. The van der Waals surface area contributed by atoms with Gasteiger partial charge in [-0.25, -0.2) is 0 Å². The summed E-state index contributed by atoms with van der Waals surface area (Å²) in [5, 5.41) is 9.15. The average Bonchev–Trinajstić information content (AvgIpc) is 2.40. The molecule has 4 nitrogen and oxygen atoms in total. The Morgan fingerprint density at radius 2 is 1.70 bits per heavy atom. The molecule has 0 saturated carbocycles. The number of para-hydroxylation sites is 1. The highest BCUT2D eigenvalue weighted by Gasteiger charge is 2.17. The van der Waals surface area contributed by atoms with Gasteiger partial charge in [0.2, 0.25) is 0 Å². The molecule has 0 bridgehead atoms. The highest BCUT2D eigenvalue weighted by molar-refractivity contribution is 6.35. The van der Waals surface area contributed by atoms with Crippen LogP contribution >= 0.6 is 11.6 Å². The topological polar surface area (TPSA) is 80.4 Å². The molecule has 0 spiro atoms.